The van der Waals surface area contributed by atoms with Gasteiger partial charge < -0.3 is 19.4 Å². The van der Waals surface area contributed by atoms with E-state index in [0.717, 1.165) is 22.8 Å². The predicted octanol–water partition coefficient (Wildman–Crippen LogP) is 2.02. The maximum atomic E-state index is 12.9. The zero-order valence-electron chi connectivity index (χ0n) is 17.5. The van der Waals surface area contributed by atoms with Crippen molar-refractivity contribution >= 4 is 15.9 Å². The molecule has 1 amide bonds. The molecule has 162 valence electrons. The Kier molecular flexibility index (Phi) is 5.50. The second kappa shape index (κ2) is 7.96. The second-order valence-corrected chi connectivity index (χ2v) is 9.84. The van der Waals surface area contributed by atoms with Crippen molar-refractivity contribution < 1.29 is 22.7 Å². The highest BCUT2D eigenvalue weighted by Gasteiger charge is 2.27. The molecule has 0 spiro atoms. The third-order valence-corrected chi connectivity index (χ3v) is 7.02. The topological polar surface area (TPSA) is 89.9 Å². The molecule has 1 saturated heterocycles. The molecule has 8 nitrogen and oxygen atoms in total. The molecule has 1 aromatic heterocycles. The maximum absolute atomic E-state index is 12.9. The third-order valence-electron chi connectivity index (χ3n) is 5.72. The number of aromatic nitrogens is 1. The Bertz CT molecular complexity index is 1070. The summed E-state index contributed by atoms with van der Waals surface area (Å²) in [4.78, 5) is 12.9. The lowest BCUT2D eigenvalue weighted by Crippen LogP contribution is -2.46. The van der Waals surface area contributed by atoms with Gasteiger partial charge in [-0.2, -0.15) is 0 Å². The number of ether oxygens (including phenoxy) is 2. The zero-order valence-corrected chi connectivity index (χ0v) is 18.3. The fraction of sp³-hybridized carbons (Fsp3) is 0.476. The van der Waals surface area contributed by atoms with Gasteiger partial charge >= 0.3 is 0 Å². The van der Waals surface area contributed by atoms with Crippen LogP contribution in [0.15, 0.2) is 24.3 Å². The maximum Gasteiger partial charge on any atom is 0.253 e. The van der Waals surface area contributed by atoms with Gasteiger partial charge in [-0.15, -0.1) is 0 Å². The fourth-order valence-corrected chi connectivity index (χ4v) is 5.03. The average Bonchev–Trinajstić information content (AvgIpc) is 3.01. The van der Waals surface area contributed by atoms with Gasteiger partial charge in [0, 0.05) is 42.3 Å². The summed E-state index contributed by atoms with van der Waals surface area (Å²) in [6.45, 7) is 5.81. The van der Waals surface area contributed by atoms with Gasteiger partial charge in [-0.1, -0.05) is 0 Å². The van der Waals surface area contributed by atoms with Crippen LogP contribution >= 0.6 is 0 Å². The largest absolute Gasteiger partial charge is 0.486 e. The van der Waals surface area contributed by atoms with Gasteiger partial charge in [0.2, 0.25) is 10.0 Å². The van der Waals surface area contributed by atoms with Crippen LogP contribution in [0.25, 0.3) is 5.69 Å². The van der Waals surface area contributed by atoms with E-state index in [9.17, 15) is 13.2 Å². The molecule has 2 aliphatic rings. The van der Waals surface area contributed by atoms with Crippen molar-refractivity contribution in [3.8, 4) is 17.2 Å². The Morgan fingerprint density at radius 1 is 1.07 bits per heavy atom. The van der Waals surface area contributed by atoms with E-state index in [1.54, 1.807) is 0 Å². The summed E-state index contributed by atoms with van der Waals surface area (Å²) in [5.74, 6) is 1.30. The summed E-state index contributed by atoms with van der Waals surface area (Å²) in [5.41, 5.74) is 3.32. The summed E-state index contributed by atoms with van der Waals surface area (Å²) < 4.78 is 38.1. The number of nitrogens with one attached hydrogen (secondary N) is 1. The van der Waals surface area contributed by atoms with Crippen molar-refractivity contribution in [2.45, 2.75) is 32.7 Å². The van der Waals surface area contributed by atoms with Crippen LogP contribution < -0.4 is 14.8 Å². The van der Waals surface area contributed by atoms with Crippen LogP contribution in [0.5, 0.6) is 11.5 Å². The van der Waals surface area contributed by atoms with Crippen molar-refractivity contribution in [1.82, 2.24) is 14.2 Å². The molecule has 1 N–H and O–H groups in total. The van der Waals surface area contributed by atoms with Crippen molar-refractivity contribution in [2.24, 2.45) is 0 Å². The van der Waals surface area contributed by atoms with Crippen molar-refractivity contribution in [2.75, 3.05) is 32.6 Å². The number of carbonyl (C=O) groups is 1. The van der Waals surface area contributed by atoms with Crippen LogP contribution in [-0.4, -0.2) is 61.8 Å². The molecule has 0 unspecified atom stereocenters. The molecule has 1 aromatic carbocycles. The number of benzene rings is 1. The normalized spacial score (nSPS) is 17.7. The minimum Gasteiger partial charge on any atom is -0.486 e. The highest BCUT2D eigenvalue weighted by molar-refractivity contribution is 7.88. The molecule has 30 heavy (non-hydrogen) atoms. The molecule has 0 atom stereocenters. The quantitative estimate of drug-likeness (QED) is 0.797. The van der Waals surface area contributed by atoms with E-state index in [1.165, 1.54) is 10.6 Å². The summed E-state index contributed by atoms with van der Waals surface area (Å²) in [6.07, 6.45) is 2.44. The first-order valence-electron chi connectivity index (χ1n) is 10.1. The van der Waals surface area contributed by atoms with E-state index < -0.39 is 10.0 Å². The highest BCUT2D eigenvalue weighted by atomic mass is 32.2. The minimum absolute atomic E-state index is 0.0344. The first-order chi connectivity index (χ1) is 14.2. The number of piperidine rings is 1. The first kappa shape index (κ1) is 20.7. The molecule has 2 aliphatic heterocycles. The number of aryl methyl sites for hydroxylation is 1. The molecule has 2 aromatic rings. The monoisotopic (exact) mass is 433 g/mol. The van der Waals surface area contributed by atoms with Crippen LogP contribution in [0.3, 0.4) is 0 Å². The number of hydrogen-bond donors (Lipinski definition) is 1. The molecule has 0 saturated carbocycles. The van der Waals surface area contributed by atoms with Gasteiger partial charge in [0.15, 0.2) is 11.5 Å². The molecule has 4 rings (SSSR count). The average molecular weight is 434 g/mol. The molecule has 0 radical (unpaired) electrons. The molecule has 1 fully saturated rings. The van der Waals surface area contributed by atoms with E-state index >= 15 is 0 Å². The minimum atomic E-state index is -3.18. The molecular weight excluding hydrogens is 406 g/mol. The molecule has 9 heteroatoms. The number of hydrogen-bond acceptors (Lipinski definition) is 5. The summed E-state index contributed by atoms with van der Waals surface area (Å²) >= 11 is 0. The SMILES string of the molecule is Cc1cc(C(=O)NC2CCN(S(C)(=O)=O)CC2)c(C)n1-c1ccc2c(c1)OCCO2. The van der Waals surface area contributed by atoms with Crippen LogP contribution in [0.2, 0.25) is 0 Å². The van der Waals surface area contributed by atoms with E-state index in [2.05, 4.69) is 5.32 Å². The van der Waals surface area contributed by atoms with Gasteiger partial charge in [0.25, 0.3) is 5.91 Å². The van der Waals surface area contributed by atoms with E-state index in [0.29, 0.717) is 50.5 Å². The number of carbonyl (C=O) groups excluding carboxylic acids is 1. The molecular formula is C21H27N3O5S. The lowest BCUT2D eigenvalue weighted by Gasteiger charge is -2.30. The Labute approximate surface area is 176 Å². The van der Waals surface area contributed by atoms with Gasteiger partial charge in [-0.25, -0.2) is 12.7 Å². The molecule has 0 bridgehead atoms. The molecule has 0 aliphatic carbocycles. The van der Waals surface area contributed by atoms with Crippen molar-refractivity contribution in [1.29, 1.82) is 0 Å². The second-order valence-electron chi connectivity index (χ2n) is 7.86. The number of fused-ring (bicyclic) bond motifs is 1. The van der Waals surface area contributed by atoms with Gasteiger partial charge in [0.1, 0.15) is 13.2 Å². The van der Waals surface area contributed by atoms with E-state index in [1.807, 2.05) is 42.7 Å². The molecule has 3 heterocycles. The van der Waals surface area contributed by atoms with E-state index in [-0.39, 0.29) is 11.9 Å². The predicted molar refractivity (Wildman–Crippen MR) is 113 cm³/mol. The Hall–Kier alpha value is -2.52. The summed E-state index contributed by atoms with van der Waals surface area (Å²) in [5, 5.41) is 3.07. The number of sulfonamides is 1. The van der Waals surface area contributed by atoms with Gasteiger partial charge in [-0.3, -0.25) is 4.79 Å². The summed E-state index contributed by atoms with van der Waals surface area (Å²) in [7, 11) is -3.18. The Morgan fingerprint density at radius 2 is 1.73 bits per heavy atom. The summed E-state index contributed by atoms with van der Waals surface area (Å²) in [6, 6.07) is 7.62. The number of amides is 1. The smallest absolute Gasteiger partial charge is 0.253 e. The number of nitrogens with zero attached hydrogens (tertiary/aromatic N) is 2. The third kappa shape index (κ3) is 4.04. The Balaban J connectivity index is 1.50. The lowest BCUT2D eigenvalue weighted by atomic mass is 10.1. The van der Waals surface area contributed by atoms with E-state index in [4.69, 9.17) is 9.47 Å². The van der Waals surface area contributed by atoms with Crippen LogP contribution in [0.4, 0.5) is 0 Å². The first-order valence-corrected chi connectivity index (χ1v) is 11.9. The highest BCUT2D eigenvalue weighted by Crippen LogP contribution is 2.33. The fourth-order valence-electron chi connectivity index (χ4n) is 4.16. The number of rotatable bonds is 4. The van der Waals surface area contributed by atoms with Gasteiger partial charge in [-0.05, 0) is 44.9 Å². The van der Waals surface area contributed by atoms with Crippen LogP contribution in [-0.2, 0) is 10.0 Å². The van der Waals surface area contributed by atoms with Crippen molar-refractivity contribution in [3.63, 3.8) is 0 Å². The van der Waals surface area contributed by atoms with Crippen LogP contribution in [0.1, 0.15) is 34.6 Å². The lowest BCUT2D eigenvalue weighted by molar-refractivity contribution is 0.0923. The van der Waals surface area contributed by atoms with Crippen LogP contribution in [0, 0.1) is 13.8 Å². The van der Waals surface area contributed by atoms with Crippen molar-refractivity contribution in [3.05, 3.63) is 41.2 Å². The standard InChI is InChI=1S/C21H27N3O5S/c1-14-12-18(21(25)22-16-6-8-23(9-7-16)30(3,26)27)15(2)24(14)17-4-5-19-20(13-17)29-11-10-28-19/h4-5,12-13,16H,6-11H2,1-3H3,(H,22,25). The Morgan fingerprint density at radius 3 is 2.40 bits per heavy atom. The zero-order chi connectivity index (χ0) is 21.5. The van der Waals surface area contributed by atoms with Gasteiger partial charge in [0.05, 0.1) is 11.8 Å².